The second-order valence-electron chi connectivity index (χ2n) is 17.7. The first kappa shape index (κ1) is 57.2. The van der Waals surface area contributed by atoms with Crippen LogP contribution in [0.2, 0.25) is 0 Å². The van der Waals surface area contributed by atoms with Crippen molar-refractivity contribution in [2.45, 2.75) is 120 Å². The first-order valence-corrected chi connectivity index (χ1v) is 21.6. The van der Waals surface area contributed by atoms with E-state index < -0.39 is 132 Å². The summed E-state index contributed by atoms with van der Waals surface area (Å²) in [6.07, 6.45) is -31.7. The van der Waals surface area contributed by atoms with Crippen LogP contribution < -0.4 is 0 Å². The summed E-state index contributed by atoms with van der Waals surface area (Å²) in [6, 6.07) is 0. The van der Waals surface area contributed by atoms with Gasteiger partial charge in [-0.1, -0.05) is 0 Å². The molecule has 9 nitrogen and oxygen atoms in total. The summed E-state index contributed by atoms with van der Waals surface area (Å²) < 4.78 is 298. The zero-order valence-electron chi connectivity index (χ0n) is 34.2. The van der Waals surface area contributed by atoms with Gasteiger partial charge in [0.15, 0.2) is 0 Å². The highest BCUT2D eigenvalue weighted by Gasteiger charge is 2.57. The molecule has 0 unspecified atom stereocenters. The highest BCUT2D eigenvalue weighted by molar-refractivity contribution is 7.78. The molecule has 0 N–H and O–H groups in total. The van der Waals surface area contributed by atoms with Crippen LogP contribution in [0.1, 0.15) is 83.1 Å². The van der Waals surface area contributed by atoms with Crippen LogP contribution in [0.15, 0.2) is 13.5 Å². The van der Waals surface area contributed by atoms with Crippen molar-refractivity contribution in [1.82, 2.24) is 0 Å². The molecule has 0 saturated carbocycles. The van der Waals surface area contributed by atoms with Crippen molar-refractivity contribution in [1.29, 1.82) is 0 Å². The molecule has 1 heterocycles. The van der Waals surface area contributed by atoms with Crippen LogP contribution in [0.3, 0.4) is 0 Å². The van der Waals surface area contributed by atoms with E-state index in [0.29, 0.717) is 83.1 Å². The van der Waals surface area contributed by atoms with E-state index in [1.165, 1.54) is 0 Å². The maximum absolute atomic E-state index is 14.2. The summed E-state index contributed by atoms with van der Waals surface area (Å²) in [5.74, 6) is 0. The van der Waals surface area contributed by atoms with Gasteiger partial charge in [-0.15, -0.1) is 13.5 Å². The van der Waals surface area contributed by atoms with E-state index in [4.69, 9.17) is 27.1 Å². The van der Waals surface area contributed by atoms with Gasteiger partial charge in [-0.05, 0) is 83.1 Å². The molecular formula is C30H48F18N3O6P3. The Morgan fingerprint density at radius 1 is 0.250 bits per heavy atom. The van der Waals surface area contributed by atoms with Gasteiger partial charge in [0, 0.05) is 0 Å². The summed E-state index contributed by atoms with van der Waals surface area (Å²) in [5.41, 5.74) is -18.7. The largest absolute Gasteiger partial charge is 0.396 e. The smallest absolute Gasteiger partial charge is 0.305 e. The molecule has 0 fully saturated rings. The fraction of sp³-hybridized carbons (Fsp3) is 1.00. The fourth-order valence-corrected chi connectivity index (χ4v) is 13.3. The van der Waals surface area contributed by atoms with Crippen molar-refractivity contribution >= 4 is 23.0 Å². The third-order valence-corrected chi connectivity index (χ3v) is 17.1. The number of nitrogens with zero attached hydrogens (tertiary/aromatic N) is 3. The van der Waals surface area contributed by atoms with Crippen molar-refractivity contribution < 1.29 is 106 Å². The van der Waals surface area contributed by atoms with Gasteiger partial charge >= 0.3 is 60.0 Å². The van der Waals surface area contributed by atoms with E-state index in [1.54, 1.807) is 0 Å². The Balaban J connectivity index is 4.82. The van der Waals surface area contributed by atoms with Crippen LogP contribution in [0, 0.1) is 32.5 Å². The minimum atomic E-state index is -5.83. The monoisotopic (exact) mass is 981 g/mol. The number of rotatable bonds is 18. The van der Waals surface area contributed by atoms with Crippen molar-refractivity contribution in [3.8, 4) is 0 Å². The maximum Gasteiger partial charge on any atom is 0.396 e. The zero-order chi connectivity index (χ0) is 48.1. The molecule has 0 radical (unpaired) electrons. The molecule has 0 bridgehead atoms. The second kappa shape index (κ2) is 17.5. The van der Waals surface area contributed by atoms with E-state index in [1.807, 2.05) is 0 Å². The van der Waals surface area contributed by atoms with Gasteiger partial charge in [-0.2, -0.15) is 79.0 Å². The average Bonchev–Trinajstić information content (AvgIpc) is 3.00. The average molecular weight is 982 g/mol. The van der Waals surface area contributed by atoms with Gasteiger partial charge in [0.2, 0.25) is 0 Å². The molecule has 1 rings (SSSR count). The van der Waals surface area contributed by atoms with Crippen molar-refractivity contribution in [2.24, 2.45) is 46.0 Å². The first-order valence-electron chi connectivity index (χ1n) is 17.1. The Labute approximate surface area is 335 Å². The van der Waals surface area contributed by atoms with Gasteiger partial charge in [0.05, 0.1) is 72.1 Å². The SMILES string of the molecule is CC(C)(COP1(OCC(C)(C)C(F)(F)F)=NP(OCC(C)(C)C(F)(F)F)(OCC(C)(C)C(F)(F)F)=NP(OCC(C)(C)C(F)(F)F)(OCC(C)(C)C(F)(F)F)=N1)C(F)(F)F. The molecular weight excluding hydrogens is 933 g/mol. The second-order valence-corrected chi connectivity index (χ2v) is 24.3. The third-order valence-electron chi connectivity index (χ3n) is 8.84. The molecule has 0 aromatic carbocycles. The van der Waals surface area contributed by atoms with E-state index in [0.717, 1.165) is 0 Å². The topological polar surface area (TPSA) is 92.5 Å². The quantitative estimate of drug-likeness (QED) is 0.100. The lowest BCUT2D eigenvalue weighted by Crippen LogP contribution is -2.38. The summed E-state index contributed by atoms with van der Waals surface area (Å²) in [7, 11) is -17.5. The highest BCUT2D eigenvalue weighted by Crippen LogP contribution is 2.82. The molecule has 30 heteroatoms. The van der Waals surface area contributed by atoms with Gasteiger partial charge < -0.3 is 27.1 Å². The van der Waals surface area contributed by atoms with E-state index in [2.05, 4.69) is 13.5 Å². The standard InChI is InChI=1S/C30H48F18N3O6P3/c1-19(2,25(31,32)33)13-52-58(53-14-20(3,4)26(34,35)36)49-59(54-15-21(5,6)27(37,38)39,55-16-22(7,8)28(40,41)42)51-60(50-58,56-17-23(9,10)29(43,44)45)57-18-24(11,12)30(46,47)48/h13-18H2,1-12H3. The molecule has 360 valence electrons. The van der Waals surface area contributed by atoms with Gasteiger partial charge in [-0.3, -0.25) is 0 Å². The molecule has 0 aromatic heterocycles. The van der Waals surface area contributed by atoms with Crippen molar-refractivity contribution in [3.63, 3.8) is 0 Å². The summed E-state index contributed by atoms with van der Waals surface area (Å²) in [6.45, 7) is -5.65. The highest BCUT2D eigenvalue weighted by atomic mass is 31.3. The molecule has 0 spiro atoms. The number of halogens is 18. The summed E-state index contributed by atoms with van der Waals surface area (Å²) >= 11 is 0. The third kappa shape index (κ3) is 14.1. The Bertz CT molecular complexity index is 1350. The molecule has 60 heavy (non-hydrogen) atoms. The Morgan fingerprint density at radius 2 is 0.350 bits per heavy atom. The number of hydrogen-bond acceptors (Lipinski definition) is 9. The Morgan fingerprint density at radius 3 is 0.433 bits per heavy atom. The van der Waals surface area contributed by atoms with Gasteiger partial charge in [0.25, 0.3) is 0 Å². The lowest BCUT2D eigenvalue weighted by Gasteiger charge is -2.39. The number of hydrogen-bond donors (Lipinski definition) is 0. The van der Waals surface area contributed by atoms with Crippen LogP contribution in [0.4, 0.5) is 79.0 Å². The predicted molar refractivity (Wildman–Crippen MR) is 183 cm³/mol. The summed E-state index contributed by atoms with van der Waals surface area (Å²) in [5, 5.41) is 0. The van der Waals surface area contributed by atoms with E-state index in [-0.39, 0.29) is 0 Å². The molecule has 0 amide bonds. The lowest BCUT2D eigenvalue weighted by molar-refractivity contribution is -0.223. The maximum atomic E-state index is 14.2. The molecule has 1 aliphatic rings. The van der Waals surface area contributed by atoms with Crippen molar-refractivity contribution in [2.75, 3.05) is 39.6 Å². The number of alkyl halides is 18. The van der Waals surface area contributed by atoms with Gasteiger partial charge in [-0.25, -0.2) is 0 Å². The fourth-order valence-electron chi connectivity index (χ4n) is 2.87. The minimum absolute atomic E-state index is 0.428. The van der Waals surface area contributed by atoms with Crippen LogP contribution in [0.5, 0.6) is 0 Å². The van der Waals surface area contributed by atoms with E-state index >= 15 is 0 Å². The molecule has 0 aromatic rings. The predicted octanol–water partition coefficient (Wildman–Crippen LogP) is 15.5. The Hall–Kier alpha value is -0.810. The lowest BCUT2D eigenvalue weighted by atomic mass is 9.94. The van der Waals surface area contributed by atoms with Gasteiger partial charge in [0.1, 0.15) is 0 Å². The van der Waals surface area contributed by atoms with Crippen LogP contribution in [-0.4, -0.2) is 76.7 Å². The van der Waals surface area contributed by atoms with Crippen LogP contribution >= 0.6 is 23.0 Å². The Kier molecular flexibility index (Phi) is 16.7. The molecule has 0 saturated heterocycles. The van der Waals surface area contributed by atoms with Crippen LogP contribution in [-0.2, 0) is 27.1 Å². The molecule has 0 atom stereocenters. The summed E-state index contributed by atoms with van der Waals surface area (Å²) in [4.78, 5) is 0. The normalized spacial score (nSPS) is 19.1. The van der Waals surface area contributed by atoms with E-state index in [9.17, 15) is 79.0 Å². The first-order chi connectivity index (χ1) is 25.9. The molecule has 1 aliphatic heterocycles. The van der Waals surface area contributed by atoms with Crippen molar-refractivity contribution in [3.05, 3.63) is 0 Å². The zero-order valence-corrected chi connectivity index (χ0v) is 36.9. The van der Waals surface area contributed by atoms with Crippen LogP contribution in [0.25, 0.3) is 0 Å². The molecule has 0 aliphatic carbocycles. The minimum Gasteiger partial charge on any atom is -0.305 e.